The van der Waals surface area contributed by atoms with E-state index in [0.717, 1.165) is 25.0 Å². The number of carbonyl (C=O) groups excluding carboxylic acids is 1. The van der Waals surface area contributed by atoms with Gasteiger partial charge in [-0.2, -0.15) is 0 Å². The van der Waals surface area contributed by atoms with Crippen LogP contribution in [0, 0.1) is 11.8 Å². The topological polar surface area (TPSA) is 38.3 Å². The minimum atomic E-state index is 0.158. The average Bonchev–Trinajstić information content (AvgIpc) is 2.71. The average molecular weight is 209 g/mol. The van der Waals surface area contributed by atoms with Gasteiger partial charge in [-0.3, -0.25) is 4.79 Å². The Bertz CT molecular complexity index is 285. The summed E-state index contributed by atoms with van der Waals surface area (Å²) < 4.78 is 5.61. The van der Waals surface area contributed by atoms with Crippen LogP contribution in [0.15, 0.2) is 12.3 Å². The van der Waals surface area contributed by atoms with Crippen molar-refractivity contribution in [2.24, 2.45) is 11.8 Å². The molecule has 3 nitrogen and oxygen atoms in total. The fraction of sp³-hybridized carbons (Fsp3) is 0.750. The normalized spacial score (nSPS) is 35.8. The second-order valence-corrected chi connectivity index (χ2v) is 4.93. The van der Waals surface area contributed by atoms with Gasteiger partial charge < -0.3 is 10.1 Å². The minimum absolute atomic E-state index is 0.158. The number of nitrogens with one attached hydrogen (secondary N) is 1. The lowest BCUT2D eigenvalue weighted by Gasteiger charge is -2.18. The third-order valence-electron chi connectivity index (χ3n) is 3.45. The highest BCUT2D eigenvalue weighted by molar-refractivity contribution is 5.81. The van der Waals surface area contributed by atoms with Crippen LogP contribution in [0.4, 0.5) is 0 Å². The summed E-state index contributed by atoms with van der Waals surface area (Å²) >= 11 is 0. The van der Waals surface area contributed by atoms with Crippen LogP contribution in [0.5, 0.6) is 0 Å². The van der Waals surface area contributed by atoms with Crippen LogP contribution in [0.3, 0.4) is 0 Å². The van der Waals surface area contributed by atoms with Crippen LogP contribution in [0.25, 0.3) is 0 Å². The predicted molar refractivity (Wildman–Crippen MR) is 58.1 cm³/mol. The first kappa shape index (κ1) is 10.5. The summed E-state index contributed by atoms with van der Waals surface area (Å²) in [5.74, 6) is 1.63. The molecular weight excluding hydrogens is 190 g/mol. The number of allylic oxidation sites excluding steroid dienone is 1. The van der Waals surface area contributed by atoms with Gasteiger partial charge in [-0.15, -0.1) is 0 Å². The van der Waals surface area contributed by atoms with Crippen LogP contribution in [-0.2, 0) is 9.53 Å². The molecular formula is C12H19NO2. The van der Waals surface area contributed by atoms with E-state index < -0.39 is 0 Å². The highest BCUT2D eigenvalue weighted by Crippen LogP contribution is 2.31. The molecule has 3 heteroatoms. The van der Waals surface area contributed by atoms with Crippen molar-refractivity contribution >= 4 is 5.91 Å². The molecule has 0 spiro atoms. The van der Waals surface area contributed by atoms with E-state index in [1.165, 1.54) is 0 Å². The molecule has 0 bridgehead atoms. The number of hydrogen-bond acceptors (Lipinski definition) is 2. The Morgan fingerprint density at radius 2 is 2.27 bits per heavy atom. The van der Waals surface area contributed by atoms with Gasteiger partial charge >= 0.3 is 0 Å². The summed E-state index contributed by atoms with van der Waals surface area (Å²) in [4.78, 5) is 11.7. The summed E-state index contributed by atoms with van der Waals surface area (Å²) in [6.07, 6.45) is 3.00. The lowest BCUT2D eigenvalue weighted by molar-refractivity contribution is -0.123. The van der Waals surface area contributed by atoms with Crippen LogP contribution >= 0.6 is 0 Å². The Hall–Kier alpha value is -0.990. The highest BCUT2D eigenvalue weighted by Gasteiger charge is 2.40. The van der Waals surface area contributed by atoms with Crippen LogP contribution in [-0.4, -0.2) is 18.1 Å². The molecule has 1 N–H and O–H groups in total. The van der Waals surface area contributed by atoms with Crippen molar-refractivity contribution < 1.29 is 9.53 Å². The summed E-state index contributed by atoms with van der Waals surface area (Å²) in [6.45, 7) is 8.01. The SMILES string of the molecule is C=C1CC[C@@H]([C@@H]2C[C@@H](C(C)C)C(=O)N2)O1. The summed E-state index contributed by atoms with van der Waals surface area (Å²) in [6, 6.07) is 0.198. The van der Waals surface area contributed by atoms with Crippen molar-refractivity contribution in [1.82, 2.24) is 5.32 Å². The van der Waals surface area contributed by atoms with E-state index in [0.29, 0.717) is 5.92 Å². The number of carbonyl (C=O) groups is 1. The quantitative estimate of drug-likeness (QED) is 0.753. The molecule has 2 fully saturated rings. The summed E-state index contributed by atoms with van der Waals surface area (Å²) in [5.41, 5.74) is 0. The zero-order chi connectivity index (χ0) is 11.0. The van der Waals surface area contributed by atoms with E-state index in [9.17, 15) is 4.79 Å². The number of hydrogen-bond donors (Lipinski definition) is 1. The van der Waals surface area contributed by atoms with Gasteiger partial charge in [0.25, 0.3) is 0 Å². The molecule has 0 aromatic rings. The fourth-order valence-electron chi connectivity index (χ4n) is 2.47. The Morgan fingerprint density at radius 3 is 2.73 bits per heavy atom. The molecule has 0 saturated carbocycles. The van der Waals surface area contributed by atoms with Gasteiger partial charge in [-0.1, -0.05) is 20.4 Å². The van der Waals surface area contributed by atoms with Crippen molar-refractivity contribution in [1.29, 1.82) is 0 Å². The zero-order valence-electron chi connectivity index (χ0n) is 9.45. The molecule has 2 heterocycles. The molecule has 84 valence electrons. The third-order valence-corrected chi connectivity index (χ3v) is 3.45. The molecule has 0 unspecified atom stereocenters. The molecule has 2 aliphatic rings. The first-order valence-corrected chi connectivity index (χ1v) is 5.72. The van der Waals surface area contributed by atoms with Gasteiger partial charge in [0.1, 0.15) is 6.10 Å². The third kappa shape index (κ3) is 2.01. The molecule has 0 aromatic carbocycles. The number of amides is 1. The first-order chi connectivity index (χ1) is 7.08. The van der Waals surface area contributed by atoms with Gasteiger partial charge in [-0.05, 0) is 18.8 Å². The predicted octanol–water partition coefficient (Wildman–Crippen LogP) is 1.84. The minimum Gasteiger partial charge on any atom is -0.493 e. The lowest BCUT2D eigenvalue weighted by atomic mass is 9.91. The van der Waals surface area contributed by atoms with E-state index in [1.54, 1.807) is 0 Å². The maximum Gasteiger partial charge on any atom is 0.223 e. The van der Waals surface area contributed by atoms with Crippen molar-refractivity contribution in [3.05, 3.63) is 12.3 Å². The highest BCUT2D eigenvalue weighted by atomic mass is 16.5. The smallest absolute Gasteiger partial charge is 0.223 e. The molecule has 2 saturated heterocycles. The van der Waals surface area contributed by atoms with E-state index >= 15 is 0 Å². The largest absolute Gasteiger partial charge is 0.493 e. The monoisotopic (exact) mass is 209 g/mol. The standard InChI is InChI=1S/C12H19NO2/c1-7(2)9-6-10(13-12(9)14)11-5-4-8(3)15-11/h7,9-11H,3-6H2,1-2H3,(H,13,14)/t9-,10-,11-/m0/s1. The van der Waals surface area contributed by atoms with Crippen molar-refractivity contribution in [2.75, 3.05) is 0 Å². The molecule has 2 rings (SSSR count). The molecule has 0 aromatic heterocycles. The van der Waals surface area contributed by atoms with Gasteiger partial charge in [0.05, 0.1) is 11.8 Å². The number of rotatable bonds is 2. The maximum absolute atomic E-state index is 11.7. The Labute approximate surface area is 90.9 Å². The van der Waals surface area contributed by atoms with Gasteiger partial charge in [0, 0.05) is 12.3 Å². The van der Waals surface area contributed by atoms with E-state index in [-0.39, 0.29) is 24.0 Å². The molecule has 0 radical (unpaired) electrons. The van der Waals surface area contributed by atoms with Crippen LogP contribution in [0.1, 0.15) is 33.1 Å². The van der Waals surface area contributed by atoms with Crippen LogP contribution in [0.2, 0.25) is 0 Å². The van der Waals surface area contributed by atoms with Gasteiger partial charge in [-0.25, -0.2) is 0 Å². The van der Waals surface area contributed by atoms with E-state index in [1.807, 2.05) is 0 Å². The van der Waals surface area contributed by atoms with Gasteiger partial charge in [0.2, 0.25) is 5.91 Å². The Kier molecular flexibility index (Phi) is 2.72. The maximum atomic E-state index is 11.7. The zero-order valence-corrected chi connectivity index (χ0v) is 9.45. The molecule has 0 aliphatic carbocycles. The fourth-order valence-corrected chi connectivity index (χ4v) is 2.47. The van der Waals surface area contributed by atoms with Crippen LogP contribution < -0.4 is 5.32 Å². The van der Waals surface area contributed by atoms with E-state index in [4.69, 9.17) is 4.74 Å². The second-order valence-electron chi connectivity index (χ2n) is 4.93. The Morgan fingerprint density at radius 1 is 1.53 bits per heavy atom. The summed E-state index contributed by atoms with van der Waals surface area (Å²) in [7, 11) is 0. The number of ether oxygens (including phenoxy) is 1. The molecule has 1 amide bonds. The molecule has 3 atom stereocenters. The van der Waals surface area contributed by atoms with Crippen molar-refractivity contribution in [2.45, 2.75) is 45.3 Å². The Balaban J connectivity index is 1.97. The van der Waals surface area contributed by atoms with E-state index in [2.05, 4.69) is 25.7 Å². The lowest BCUT2D eigenvalue weighted by Crippen LogP contribution is -2.36. The summed E-state index contributed by atoms with van der Waals surface area (Å²) in [5, 5.41) is 3.04. The van der Waals surface area contributed by atoms with Crippen molar-refractivity contribution in [3.8, 4) is 0 Å². The molecule has 2 aliphatic heterocycles. The van der Waals surface area contributed by atoms with Crippen molar-refractivity contribution in [3.63, 3.8) is 0 Å². The first-order valence-electron chi connectivity index (χ1n) is 5.72. The molecule has 15 heavy (non-hydrogen) atoms. The second kappa shape index (κ2) is 3.87. The van der Waals surface area contributed by atoms with Gasteiger partial charge in [0.15, 0.2) is 0 Å².